The molecule has 1 atom stereocenters. The zero-order chi connectivity index (χ0) is 26.4. The second-order valence-corrected chi connectivity index (χ2v) is 8.42. The zero-order valence-corrected chi connectivity index (χ0v) is 21.0. The van der Waals surface area contributed by atoms with Gasteiger partial charge in [0.05, 0.1) is 33.4 Å². The largest absolute Gasteiger partial charge is 0.497 e. The number of hydrogen-bond acceptors (Lipinski definition) is 6. The highest BCUT2D eigenvalue weighted by atomic mass is 16.5. The maximum absolute atomic E-state index is 13.4. The number of hydrogen-bond donors (Lipinski definition) is 1. The Morgan fingerprint density at radius 2 is 1.57 bits per heavy atom. The van der Waals surface area contributed by atoms with Gasteiger partial charge in [0.25, 0.3) is 5.91 Å². The third-order valence-electron chi connectivity index (χ3n) is 6.17. The van der Waals surface area contributed by atoms with E-state index in [0.717, 1.165) is 10.5 Å². The maximum atomic E-state index is 13.4. The molecule has 0 bridgehead atoms. The lowest BCUT2D eigenvalue weighted by molar-refractivity contribution is -0.124. The van der Waals surface area contributed by atoms with E-state index in [-0.39, 0.29) is 18.9 Å². The third kappa shape index (κ3) is 5.66. The number of nitrogens with zero attached hydrogens (tertiary/aromatic N) is 2. The molecule has 1 N–H and O–H groups in total. The number of carbonyl (C=O) groups excluding carboxylic acids is 3. The van der Waals surface area contributed by atoms with Gasteiger partial charge in [-0.25, -0.2) is 9.69 Å². The van der Waals surface area contributed by atoms with Crippen molar-refractivity contribution >= 4 is 29.2 Å². The first-order chi connectivity index (χ1) is 17.9. The van der Waals surface area contributed by atoms with Gasteiger partial charge in [0.15, 0.2) is 11.5 Å². The van der Waals surface area contributed by atoms with Crippen molar-refractivity contribution in [2.24, 2.45) is 0 Å². The van der Waals surface area contributed by atoms with Gasteiger partial charge in [-0.1, -0.05) is 24.3 Å². The van der Waals surface area contributed by atoms with Gasteiger partial charge in [-0.15, -0.1) is 0 Å². The van der Waals surface area contributed by atoms with E-state index in [1.165, 1.54) is 4.90 Å². The van der Waals surface area contributed by atoms with E-state index >= 15 is 0 Å². The molecule has 3 aromatic rings. The summed E-state index contributed by atoms with van der Waals surface area (Å²) in [6.07, 6.45) is 0.282. The SMILES string of the molecule is COc1ccc(NC(=O)C[C@@H]2C(=O)N(c3ccccc3)C(=O)N2CCc2ccc(OC)c(OC)c2)cc1. The van der Waals surface area contributed by atoms with E-state index in [1.54, 1.807) is 75.9 Å². The zero-order valence-electron chi connectivity index (χ0n) is 21.0. The van der Waals surface area contributed by atoms with Crippen LogP contribution in [0, 0.1) is 0 Å². The standard InChI is InChI=1S/C28H29N3O6/c1-35-22-12-10-20(11-13-22)29-26(32)18-23-27(33)31(21-7-5-4-6-8-21)28(34)30(23)16-15-19-9-14-24(36-2)25(17-19)37-3/h4-14,17,23H,15-16,18H2,1-3H3,(H,29,32)/t23-/m1/s1. The highest BCUT2D eigenvalue weighted by Gasteiger charge is 2.46. The van der Waals surface area contributed by atoms with Crippen LogP contribution in [0.4, 0.5) is 16.2 Å². The molecule has 1 aliphatic rings. The quantitative estimate of drug-likeness (QED) is 0.418. The molecule has 192 valence electrons. The third-order valence-corrected chi connectivity index (χ3v) is 6.17. The second kappa shape index (κ2) is 11.5. The van der Waals surface area contributed by atoms with Gasteiger partial charge in [0, 0.05) is 12.2 Å². The minimum Gasteiger partial charge on any atom is -0.497 e. The molecule has 1 aliphatic heterocycles. The summed E-state index contributed by atoms with van der Waals surface area (Å²) in [5.41, 5.74) is 1.93. The lowest BCUT2D eigenvalue weighted by Gasteiger charge is -2.22. The summed E-state index contributed by atoms with van der Waals surface area (Å²) >= 11 is 0. The number of rotatable bonds is 10. The molecule has 37 heavy (non-hydrogen) atoms. The minimum atomic E-state index is -0.939. The fraction of sp³-hybridized carbons (Fsp3) is 0.250. The fourth-order valence-corrected chi connectivity index (χ4v) is 4.25. The summed E-state index contributed by atoms with van der Waals surface area (Å²) in [6.45, 7) is 0.240. The van der Waals surface area contributed by atoms with Crippen LogP contribution in [0.5, 0.6) is 17.2 Å². The maximum Gasteiger partial charge on any atom is 0.332 e. The molecule has 0 saturated carbocycles. The smallest absolute Gasteiger partial charge is 0.332 e. The van der Waals surface area contributed by atoms with Crippen LogP contribution in [-0.2, 0) is 16.0 Å². The first kappa shape index (κ1) is 25.6. The molecule has 9 nitrogen and oxygen atoms in total. The molecule has 0 spiro atoms. The lowest BCUT2D eigenvalue weighted by Crippen LogP contribution is -2.39. The van der Waals surface area contributed by atoms with Crippen molar-refractivity contribution in [1.82, 2.24) is 4.90 Å². The minimum absolute atomic E-state index is 0.175. The monoisotopic (exact) mass is 503 g/mol. The Balaban J connectivity index is 1.54. The van der Waals surface area contributed by atoms with E-state index in [0.29, 0.717) is 35.0 Å². The van der Waals surface area contributed by atoms with Crippen LogP contribution in [0.1, 0.15) is 12.0 Å². The van der Waals surface area contributed by atoms with Gasteiger partial charge in [-0.05, 0) is 60.5 Å². The molecule has 1 fully saturated rings. The summed E-state index contributed by atoms with van der Waals surface area (Å²) in [4.78, 5) is 42.4. The predicted molar refractivity (Wildman–Crippen MR) is 139 cm³/mol. The number of benzene rings is 3. The number of anilines is 2. The Bertz CT molecular complexity index is 1260. The Hall–Kier alpha value is -4.53. The van der Waals surface area contributed by atoms with Crippen molar-refractivity contribution in [2.75, 3.05) is 38.1 Å². The van der Waals surface area contributed by atoms with Crippen molar-refractivity contribution in [3.63, 3.8) is 0 Å². The van der Waals surface area contributed by atoms with E-state index in [2.05, 4.69) is 5.32 Å². The summed E-state index contributed by atoms with van der Waals surface area (Å²) in [7, 11) is 4.68. The Morgan fingerprint density at radius 3 is 2.22 bits per heavy atom. The number of para-hydroxylation sites is 1. The molecule has 4 rings (SSSR count). The Kier molecular flexibility index (Phi) is 7.92. The van der Waals surface area contributed by atoms with Crippen LogP contribution in [0.2, 0.25) is 0 Å². The second-order valence-electron chi connectivity index (χ2n) is 8.42. The van der Waals surface area contributed by atoms with Gasteiger partial charge in [0.1, 0.15) is 11.8 Å². The summed E-state index contributed by atoms with van der Waals surface area (Å²) < 4.78 is 15.8. The number of carbonyl (C=O) groups is 3. The van der Waals surface area contributed by atoms with E-state index in [1.807, 2.05) is 18.2 Å². The normalized spacial score (nSPS) is 15.1. The molecule has 0 unspecified atom stereocenters. The van der Waals surface area contributed by atoms with Gasteiger partial charge in [0.2, 0.25) is 5.91 Å². The van der Waals surface area contributed by atoms with E-state index in [4.69, 9.17) is 14.2 Å². The highest BCUT2D eigenvalue weighted by molar-refractivity contribution is 6.22. The van der Waals surface area contributed by atoms with Gasteiger partial charge < -0.3 is 24.4 Å². The molecule has 9 heteroatoms. The van der Waals surface area contributed by atoms with Crippen LogP contribution in [0.25, 0.3) is 0 Å². The van der Waals surface area contributed by atoms with Crippen molar-refractivity contribution < 1.29 is 28.6 Å². The Morgan fingerprint density at radius 1 is 0.865 bits per heavy atom. The number of urea groups is 1. The number of amides is 4. The van der Waals surface area contributed by atoms with Gasteiger partial charge in [-0.3, -0.25) is 9.59 Å². The topological polar surface area (TPSA) is 97.4 Å². The van der Waals surface area contributed by atoms with Crippen LogP contribution in [0.3, 0.4) is 0 Å². The molecule has 0 aromatic heterocycles. The van der Waals surface area contributed by atoms with Crippen LogP contribution < -0.4 is 24.4 Å². The molecule has 0 aliphatic carbocycles. The Labute approximate surface area is 215 Å². The summed E-state index contributed by atoms with van der Waals surface area (Å²) in [6, 6.07) is 19.7. The van der Waals surface area contributed by atoms with Crippen LogP contribution in [-0.4, -0.2) is 56.7 Å². The average molecular weight is 504 g/mol. The first-order valence-corrected chi connectivity index (χ1v) is 11.8. The van der Waals surface area contributed by atoms with Crippen molar-refractivity contribution in [2.45, 2.75) is 18.9 Å². The molecule has 4 amide bonds. The van der Waals surface area contributed by atoms with Gasteiger partial charge >= 0.3 is 6.03 Å². The molecule has 0 radical (unpaired) electrons. The lowest BCUT2D eigenvalue weighted by atomic mass is 10.1. The number of methoxy groups -OCH3 is 3. The molecule has 3 aromatic carbocycles. The van der Waals surface area contributed by atoms with Crippen molar-refractivity contribution in [3.05, 3.63) is 78.4 Å². The summed E-state index contributed by atoms with van der Waals surface area (Å²) in [5.74, 6) is 1.03. The molecule has 1 saturated heterocycles. The fourth-order valence-electron chi connectivity index (χ4n) is 4.25. The summed E-state index contributed by atoms with van der Waals surface area (Å²) in [5, 5.41) is 2.80. The van der Waals surface area contributed by atoms with Crippen LogP contribution >= 0.6 is 0 Å². The predicted octanol–water partition coefficient (Wildman–Crippen LogP) is 4.12. The number of nitrogens with one attached hydrogen (secondary N) is 1. The number of ether oxygens (including phenoxy) is 3. The van der Waals surface area contributed by atoms with E-state index in [9.17, 15) is 14.4 Å². The molecular weight excluding hydrogens is 474 g/mol. The van der Waals surface area contributed by atoms with Crippen molar-refractivity contribution in [1.29, 1.82) is 0 Å². The first-order valence-electron chi connectivity index (χ1n) is 11.8. The average Bonchev–Trinajstić information content (AvgIpc) is 3.16. The molecular formula is C28H29N3O6. The number of imide groups is 1. The molecule has 1 heterocycles. The van der Waals surface area contributed by atoms with Crippen molar-refractivity contribution in [3.8, 4) is 17.2 Å². The van der Waals surface area contributed by atoms with Crippen LogP contribution in [0.15, 0.2) is 72.8 Å². The highest BCUT2D eigenvalue weighted by Crippen LogP contribution is 2.30. The van der Waals surface area contributed by atoms with E-state index < -0.39 is 18.0 Å². The van der Waals surface area contributed by atoms with Gasteiger partial charge in [-0.2, -0.15) is 0 Å².